The molecule has 27 heavy (non-hydrogen) atoms. The van der Waals surface area contributed by atoms with Crippen LogP contribution in [0.2, 0.25) is 0 Å². The number of amides is 1. The molecule has 148 valence electrons. The maximum Gasteiger partial charge on any atom is 0.407 e. The van der Waals surface area contributed by atoms with Crippen LogP contribution >= 0.6 is 0 Å². The van der Waals surface area contributed by atoms with Crippen molar-refractivity contribution in [3.05, 3.63) is 34.4 Å². The van der Waals surface area contributed by atoms with Crippen molar-refractivity contribution in [3.8, 4) is 0 Å². The number of hydrogen-bond donors (Lipinski definition) is 1. The summed E-state index contributed by atoms with van der Waals surface area (Å²) in [6.45, 7) is 11.1. The molecule has 2 heterocycles. The molecular weight excluding hydrogens is 344 g/mol. The van der Waals surface area contributed by atoms with Crippen LogP contribution in [0.5, 0.6) is 0 Å². The fourth-order valence-corrected chi connectivity index (χ4v) is 4.34. The first kappa shape index (κ1) is 19.7. The molecule has 1 saturated heterocycles. The maximum atomic E-state index is 11.7. The van der Waals surface area contributed by atoms with E-state index in [1.165, 1.54) is 5.56 Å². The Bertz CT molecular complexity index is 730. The van der Waals surface area contributed by atoms with Crippen molar-refractivity contribution >= 4 is 12.1 Å². The number of carbonyl (C=O) groups excluding carboxylic acids is 1. The highest BCUT2D eigenvalue weighted by molar-refractivity contribution is 5.93. The van der Waals surface area contributed by atoms with E-state index in [2.05, 4.69) is 11.8 Å². The number of carbonyl (C=O) groups is 2. The Balaban J connectivity index is 1.56. The molecule has 1 amide bonds. The summed E-state index contributed by atoms with van der Waals surface area (Å²) in [7, 11) is 0. The number of ether oxygens (including phenoxy) is 1. The zero-order valence-electron chi connectivity index (χ0n) is 16.7. The van der Waals surface area contributed by atoms with Gasteiger partial charge in [-0.05, 0) is 64.2 Å². The minimum Gasteiger partial charge on any atom is -0.465 e. The van der Waals surface area contributed by atoms with Gasteiger partial charge in [-0.2, -0.15) is 0 Å². The summed E-state index contributed by atoms with van der Waals surface area (Å²) in [5.74, 6) is -0.219. The van der Waals surface area contributed by atoms with Gasteiger partial charge in [0.05, 0.1) is 5.56 Å². The standard InChI is InChI=1S/C21H30N2O4/c1-14-15(5-6-17-18(14)13-27-19(17)24)7-10-22-11-8-16(9-12-22)23(20(25)26)21(2,3)4/h5-6,16H,7-13H2,1-4H3,(H,25,26). The van der Waals surface area contributed by atoms with Gasteiger partial charge >= 0.3 is 12.1 Å². The predicted molar refractivity (Wildman–Crippen MR) is 103 cm³/mol. The first-order valence-electron chi connectivity index (χ1n) is 9.71. The number of hydrogen-bond acceptors (Lipinski definition) is 4. The number of benzene rings is 1. The van der Waals surface area contributed by atoms with Gasteiger partial charge in [0.25, 0.3) is 0 Å². The largest absolute Gasteiger partial charge is 0.465 e. The number of esters is 1. The molecule has 1 N–H and O–H groups in total. The van der Waals surface area contributed by atoms with E-state index in [0.717, 1.165) is 50.0 Å². The molecule has 0 saturated carbocycles. The van der Waals surface area contributed by atoms with Crippen molar-refractivity contribution < 1.29 is 19.4 Å². The summed E-state index contributed by atoms with van der Waals surface area (Å²) in [6.07, 6.45) is 1.84. The number of nitrogens with zero attached hydrogens (tertiary/aromatic N) is 2. The number of cyclic esters (lactones) is 1. The molecule has 0 atom stereocenters. The fourth-order valence-electron chi connectivity index (χ4n) is 4.34. The molecule has 2 aliphatic rings. The minimum atomic E-state index is -0.827. The lowest BCUT2D eigenvalue weighted by Crippen LogP contribution is -2.54. The van der Waals surface area contributed by atoms with Crippen LogP contribution < -0.4 is 0 Å². The summed E-state index contributed by atoms with van der Waals surface area (Å²) >= 11 is 0. The average molecular weight is 374 g/mol. The molecule has 0 spiro atoms. The van der Waals surface area contributed by atoms with Crippen molar-refractivity contribution in [1.29, 1.82) is 0 Å². The summed E-state index contributed by atoms with van der Waals surface area (Å²) in [5, 5.41) is 9.58. The van der Waals surface area contributed by atoms with Gasteiger partial charge in [-0.1, -0.05) is 6.07 Å². The van der Waals surface area contributed by atoms with Crippen LogP contribution in [0.1, 0.15) is 60.7 Å². The summed E-state index contributed by atoms with van der Waals surface area (Å²) < 4.78 is 5.13. The molecule has 0 aliphatic carbocycles. The van der Waals surface area contributed by atoms with Gasteiger partial charge in [-0.3, -0.25) is 0 Å². The van der Waals surface area contributed by atoms with Crippen molar-refractivity contribution in [2.24, 2.45) is 0 Å². The molecule has 0 unspecified atom stereocenters. The van der Waals surface area contributed by atoms with Crippen molar-refractivity contribution in [2.75, 3.05) is 19.6 Å². The molecule has 2 aliphatic heterocycles. The van der Waals surface area contributed by atoms with Crippen molar-refractivity contribution in [2.45, 2.75) is 65.1 Å². The Morgan fingerprint density at radius 3 is 2.56 bits per heavy atom. The SMILES string of the molecule is Cc1c(CCN2CCC(N(C(=O)O)C(C)(C)C)CC2)ccc2c1COC2=O. The third kappa shape index (κ3) is 4.10. The first-order chi connectivity index (χ1) is 12.7. The van der Waals surface area contributed by atoms with E-state index < -0.39 is 6.09 Å². The highest BCUT2D eigenvalue weighted by atomic mass is 16.5. The highest BCUT2D eigenvalue weighted by Crippen LogP contribution is 2.27. The summed E-state index contributed by atoms with van der Waals surface area (Å²) in [5.41, 5.74) is 3.78. The van der Waals surface area contributed by atoms with Crippen LogP contribution in [0.3, 0.4) is 0 Å². The van der Waals surface area contributed by atoms with Crippen molar-refractivity contribution in [3.63, 3.8) is 0 Å². The lowest BCUT2D eigenvalue weighted by Gasteiger charge is -2.43. The number of fused-ring (bicyclic) bond motifs is 1. The predicted octanol–water partition coefficient (Wildman–Crippen LogP) is 3.45. The Kier molecular flexibility index (Phi) is 5.47. The number of likely N-dealkylation sites (tertiary alicyclic amines) is 1. The zero-order valence-corrected chi connectivity index (χ0v) is 16.7. The monoisotopic (exact) mass is 374 g/mol. The number of rotatable bonds is 4. The van der Waals surface area contributed by atoms with E-state index in [1.54, 1.807) is 4.90 Å². The van der Waals surface area contributed by atoms with E-state index in [0.29, 0.717) is 12.2 Å². The van der Waals surface area contributed by atoms with Gasteiger partial charge in [-0.25, -0.2) is 9.59 Å². The van der Waals surface area contributed by atoms with Crippen LogP contribution in [0.15, 0.2) is 12.1 Å². The van der Waals surface area contributed by atoms with Gasteiger partial charge in [0, 0.05) is 36.8 Å². The second-order valence-electron chi connectivity index (χ2n) is 8.60. The van der Waals surface area contributed by atoms with Gasteiger partial charge in [0.15, 0.2) is 0 Å². The molecule has 0 bridgehead atoms. The average Bonchev–Trinajstić information content (AvgIpc) is 2.96. The van der Waals surface area contributed by atoms with E-state index in [-0.39, 0.29) is 17.6 Å². The van der Waals surface area contributed by atoms with Crippen LogP contribution in [-0.2, 0) is 17.8 Å². The normalized spacial score (nSPS) is 18.3. The first-order valence-corrected chi connectivity index (χ1v) is 9.71. The fraction of sp³-hybridized carbons (Fsp3) is 0.619. The van der Waals surface area contributed by atoms with E-state index >= 15 is 0 Å². The molecule has 1 aromatic carbocycles. The minimum absolute atomic E-state index is 0.0867. The van der Waals surface area contributed by atoms with E-state index in [4.69, 9.17) is 4.74 Å². The Morgan fingerprint density at radius 2 is 1.96 bits per heavy atom. The second kappa shape index (κ2) is 7.50. The molecule has 1 fully saturated rings. The Hall–Kier alpha value is -2.08. The van der Waals surface area contributed by atoms with Crippen LogP contribution in [-0.4, -0.2) is 58.2 Å². The second-order valence-corrected chi connectivity index (χ2v) is 8.60. The Labute approximate surface area is 161 Å². The topological polar surface area (TPSA) is 70.1 Å². The molecule has 1 aromatic rings. The smallest absolute Gasteiger partial charge is 0.407 e. The number of piperidine rings is 1. The number of carboxylic acid groups (broad SMARTS) is 1. The van der Waals surface area contributed by atoms with E-state index in [1.807, 2.05) is 32.9 Å². The third-order valence-corrected chi connectivity index (χ3v) is 5.83. The quantitative estimate of drug-likeness (QED) is 0.818. The lowest BCUT2D eigenvalue weighted by molar-refractivity contribution is 0.0423. The van der Waals surface area contributed by atoms with Crippen molar-refractivity contribution in [1.82, 2.24) is 9.80 Å². The van der Waals surface area contributed by atoms with Gasteiger partial charge in [-0.15, -0.1) is 0 Å². The molecule has 6 nitrogen and oxygen atoms in total. The van der Waals surface area contributed by atoms with Gasteiger partial charge in [0.2, 0.25) is 0 Å². The van der Waals surface area contributed by atoms with Crippen LogP contribution in [0.25, 0.3) is 0 Å². The third-order valence-electron chi connectivity index (χ3n) is 5.83. The molecule has 0 radical (unpaired) electrons. The molecule has 3 rings (SSSR count). The van der Waals surface area contributed by atoms with Gasteiger partial charge in [0.1, 0.15) is 6.61 Å². The van der Waals surface area contributed by atoms with Crippen LogP contribution in [0.4, 0.5) is 4.79 Å². The molecular formula is C21H30N2O4. The summed E-state index contributed by atoms with van der Waals surface area (Å²) in [4.78, 5) is 27.4. The summed E-state index contributed by atoms with van der Waals surface area (Å²) in [6, 6.07) is 4.01. The van der Waals surface area contributed by atoms with E-state index in [9.17, 15) is 14.7 Å². The zero-order chi connectivity index (χ0) is 19.8. The lowest BCUT2D eigenvalue weighted by atomic mass is 9.95. The maximum absolute atomic E-state index is 11.7. The highest BCUT2D eigenvalue weighted by Gasteiger charge is 2.35. The molecule has 6 heteroatoms. The molecule has 0 aromatic heterocycles. The van der Waals surface area contributed by atoms with Gasteiger partial charge < -0.3 is 19.6 Å². The Morgan fingerprint density at radius 1 is 1.30 bits per heavy atom. The van der Waals surface area contributed by atoms with Crippen LogP contribution in [0, 0.1) is 6.92 Å².